The van der Waals surface area contributed by atoms with Gasteiger partial charge in [0, 0.05) is 12.1 Å². The van der Waals surface area contributed by atoms with Crippen LogP contribution in [0.1, 0.15) is 24.0 Å². The summed E-state index contributed by atoms with van der Waals surface area (Å²) in [6.07, 6.45) is 1.97. The predicted octanol–water partition coefficient (Wildman–Crippen LogP) is 3.58. The maximum atomic E-state index is 12.1. The average molecular weight is 347 g/mol. The Hall–Kier alpha value is -2.04. The third-order valence-corrected chi connectivity index (χ3v) is 4.12. The first kappa shape index (κ1) is 18.3. The minimum atomic E-state index is -0.0561. The lowest BCUT2D eigenvalue weighted by atomic mass is 10.1. The lowest BCUT2D eigenvalue weighted by molar-refractivity contribution is -0.122. The molecule has 5 heteroatoms. The number of aryl methyl sites for hydroxylation is 1. The Morgan fingerprint density at radius 3 is 2.58 bits per heavy atom. The van der Waals surface area contributed by atoms with E-state index in [4.69, 9.17) is 4.74 Å². The van der Waals surface area contributed by atoms with E-state index in [-0.39, 0.29) is 24.4 Å². The van der Waals surface area contributed by atoms with Gasteiger partial charge in [0.1, 0.15) is 11.5 Å². The van der Waals surface area contributed by atoms with Crippen molar-refractivity contribution in [2.24, 2.45) is 0 Å². The zero-order valence-electron chi connectivity index (χ0n) is 13.7. The Morgan fingerprint density at radius 1 is 1.17 bits per heavy atom. The summed E-state index contributed by atoms with van der Waals surface area (Å²) in [4.78, 5) is 12.1. The van der Waals surface area contributed by atoms with E-state index in [0.29, 0.717) is 6.54 Å². The van der Waals surface area contributed by atoms with Crippen molar-refractivity contribution in [3.8, 4) is 11.5 Å². The summed E-state index contributed by atoms with van der Waals surface area (Å²) < 4.78 is 6.03. The molecule has 0 radical (unpaired) electrons. The number of para-hydroxylation sites is 2. The number of hydrogen-bond acceptors (Lipinski definition) is 3. The second-order valence-corrected chi connectivity index (χ2v) is 5.84. The maximum Gasteiger partial charge on any atom is 0.237 e. The van der Waals surface area contributed by atoms with Gasteiger partial charge in [0.2, 0.25) is 5.91 Å². The Bertz CT molecular complexity index is 685. The zero-order valence-corrected chi connectivity index (χ0v) is 14.6. The first-order valence-corrected chi connectivity index (χ1v) is 8.06. The molecule has 2 aromatic carbocycles. The van der Waals surface area contributed by atoms with E-state index in [1.54, 1.807) is 0 Å². The smallest absolute Gasteiger partial charge is 0.237 e. The van der Waals surface area contributed by atoms with Gasteiger partial charge in [0.25, 0.3) is 0 Å². The number of hydrogen-bond donors (Lipinski definition) is 2. The quantitative estimate of drug-likeness (QED) is 0.870. The molecule has 1 aliphatic heterocycles. The Morgan fingerprint density at radius 2 is 1.88 bits per heavy atom. The van der Waals surface area contributed by atoms with Crippen molar-refractivity contribution in [2.75, 3.05) is 6.54 Å². The summed E-state index contributed by atoms with van der Waals surface area (Å²) in [5, 5.41) is 6.21. The molecular formula is C19H23ClN2O2. The molecule has 0 spiro atoms. The highest BCUT2D eigenvalue weighted by molar-refractivity contribution is 5.85. The molecule has 0 aromatic heterocycles. The van der Waals surface area contributed by atoms with Gasteiger partial charge in [-0.2, -0.15) is 0 Å². The number of amides is 1. The molecule has 0 saturated carbocycles. The van der Waals surface area contributed by atoms with Gasteiger partial charge in [0.15, 0.2) is 0 Å². The van der Waals surface area contributed by atoms with Gasteiger partial charge in [-0.15, -0.1) is 12.4 Å². The van der Waals surface area contributed by atoms with Crippen LogP contribution in [0.5, 0.6) is 11.5 Å². The second kappa shape index (κ2) is 8.71. The van der Waals surface area contributed by atoms with E-state index in [1.807, 2.05) is 55.5 Å². The van der Waals surface area contributed by atoms with Crippen LogP contribution in [0.25, 0.3) is 0 Å². The number of nitrogens with one attached hydrogen (secondary N) is 2. The molecule has 0 bridgehead atoms. The molecule has 4 nitrogen and oxygen atoms in total. The molecule has 128 valence electrons. The Kier molecular flexibility index (Phi) is 6.64. The van der Waals surface area contributed by atoms with Crippen molar-refractivity contribution >= 4 is 18.3 Å². The molecule has 0 aliphatic carbocycles. The normalized spacial score (nSPS) is 16.3. The number of rotatable bonds is 5. The summed E-state index contributed by atoms with van der Waals surface area (Å²) in [6, 6.07) is 15.7. The minimum absolute atomic E-state index is 0. The van der Waals surface area contributed by atoms with Crippen LogP contribution in [0.4, 0.5) is 0 Å². The molecule has 1 amide bonds. The summed E-state index contributed by atoms with van der Waals surface area (Å²) in [7, 11) is 0. The van der Waals surface area contributed by atoms with E-state index in [9.17, 15) is 4.79 Å². The van der Waals surface area contributed by atoms with Crippen molar-refractivity contribution < 1.29 is 9.53 Å². The fourth-order valence-electron chi connectivity index (χ4n) is 2.75. The van der Waals surface area contributed by atoms with Crippen molar-refractivity contribution in [1.82, 2.24) is 10.6 Å². The molecule has 1 fully saturated rings. The second-order valence-electron chi connectivity index (χ2n) is 5.84. The molecule has 24 heavy (non-hydrogen) atoms. The molecule has 3 rings (SSSR count). The highest BCUT2D eigenvalue weighted by atomic mass is 35.5. The molecule has 1 unspecified atom stereocenters. The molecular weight excluding hydrogens is 324 g/mol. The van der Waals surface area contributed by atoms with Gasteiger partial charge in [-0.1, -0.05) is 36.4 Å². The van der Waals surface area contributed by atoms with Gasteiger partial charge in [0.05, 0.1) is 6.04 Å². The van der Waals surface area contributed by atoms with Crippen LogP contribution in [0.3, 0.4) is 0 Å². The summed E-state index contributed by atoms with van der Waals surface area (Å²) in [5.74, 6) is 1.68. The highest BCUT2D eigenvalue weighted by Crippen LogP contribution is 2.27. The van der Waals surface area contributed by atoms with Gasteiger partial charge in [-0.3, -0.25) is 4.79 Å². The van der Waals surface area contributed by atoms with Crippen molar-refractivity contribution in [1.29, 1.82) is 0 Å². The van der Waals surface area contributed by atoms with E-state index in [0.717, 1.165) is 42.0 Å². The van der Waals surface area contributed by atoms with E-state index < -0.39 is 0 Å². The molecule has 1 aliphatic rings. The van der Waals surface area contributed by atoms with Crippen LogP contribution >= 0.6 is 12.4 Å². The third kappa shape index (κ3) is 4.49. The third-order valence-electron chi connectivity index (χ3n) is 4.12. The van der Waals surface area contributed by atoms with Crippen LogP contribution < -0.4 is 15.4 Å². The first-order chi connectivity index (χ1) is 11.2. The molecule has 1 heterocycles. The fraction of sp³-hybridized carbons (Fsp3) is 0.316. The van der Waals surface area contributed by atoms with Crippen molar-refractivity contribution in [3.63, 3.8) is 0 Å². The fourth-order valence-corrected chi connectivity index (χ4v) is 2.75. The lowest BCUT2D eigenvalue weighted by Gasteiger charge is -2.15. The lowest BCUT2D eigenvalue weighted by Crippen LogP contribution is -2.40. The summed E-state index contributed by atoms with van der Waals surface area (Å²) in [6.45, 7) is 3.41. The largest absolute Gasteiger partial charge is 0.457 e. The number of halogens is 1. The molecule has 1 saturated heterocycles. The van der Waals surface area contributed by atoms with Gasteiger partial charge < -0.3 is 15.4 Å². The number of ether oxygens (including phenoxy) is 1. The molecule has 1 atom stereocenters. The van der Waals surface area contributed by atoms with Crippen LogP contribution in [0.2, 0.25) is 0 Å². The van der Waals surface area contributed by atoms with Crippen LogP contribution in [0, 0.1) is 6.92 Å². The monoisotopic (exact) mass is 346 g/mol. The number of carbonyl (C=O) groups excluding carboxylic acids is 1. The standard InChI is InChI=1S/C19H22N2O2.ClH/c1-14-7-2-4-10-17(14)23-18-11-5-3-8-15(18)13-21-19(22)16-9-6-12-20-16;/h2-5,7-8,10-11,16,20H,6,9,12-13H2,1H3,(H,21,22);1H. The van der Waals surface area contributed by atoms with Crippen LogP contribution in [0.15, 0.2) is 48.5 Å². The Labute approximate surface area is 149 Å². The van der Waals surface area contributed by atoms with E-state index >= 15 is 0 Å². The maximum absolute atomic E-state index is 12.1. The highest BCUT2D eigenvalue weighted by Gasteiger charge is 2.21. The van der Waals surface area contributed by atoms with E-state index in [1.165, 1.54) is 0 Å². The first-order valence-electron chi connectivity index (χ1n) is 8.06. The zero-order chi connectivity index (χ0) is 16.1. The number of benzene rings is 2. The molecule has 2 N–H and O–H groups in total. The van der Waals surface area contributed by atoms with Gasteiger partial charge >= 0.3 is 0 Å². The predicted molar refractivity (Wildman–Crippen MR) is 97.8 cm³/mol. The summed E-state index contributed by atoms with van der Waals surface area (Å²) >= 11 is 0. The topological polar surface area (TPSA) is 50.4 Å². The van der Waals surface area contributed by atoms with Crippen molar-refractivity contribution in [2.45, 2.75) is 32.4 Å². The van der Waals surface area contributed by atoms with Crippen LogP contribution in [-0.2, 0) is 11.3 Å². The molecule has 2 aromatic rings. The number of carbonyl (C=O) groups is 1. The van der Waals surface area contributed by atoms with Crippen molar-refractivity contribution in [3.05, 3.63) is 59.7 Å². The van der Waals surface area contributed by atoms with E-state index in [2.05, 4.69) is 10.6 Å². The average Bonchev–Trinajstić information content (AvgIpc) is 3.10. The summed E-state index contributed by atoms with van der Waals surface area (Å²) in [5.41, 5.74) is 2.06. The Balaban J connectivity index is 0.00000208. The van der Waals surface area contributed by atoms with Gasteiger partial charge in [-0.05, 0) is 44.0 Å². The van der Waals surface area contributed by atoms with Gasteiger partial charge in [-0.25, -0.2) is 0 Å². The minimum Gasteiger partial charge on any atom is -0.457 e. The van der Waals surface area contributed by atoms with Crippen LogP contribution in [-0.4, -0.2) is 18.5 Å². The SMILES string of the molecule is Cc1ccccc1Oc1ccccc1CNC(=O)C1CCCN1.Cl.